The lowest BCUT2D eigenvalue weighted by molar-refractivity contribution is -0.384. The summed E-state index contributed by atoms with van der Waals surface area (Å²) < 4.78 is 14.0. The van der Waals surface area contributed by atoms with E-state index in [2.05, 4.69) is 10.4 Å². The van der Waals surface area contributed by atoms with Crippen molar-refractivity contribution < 1.29 is 14.1 Å². The molecule has 8 nitrogen and oxygen atoms in total. The maximum absolute atomic E-state index is 13.0. The van der Waals surface area contributed by atoms with Crippen LogP contribution in [0.4, 0.5) is 15.8 Å². The van der Waals surface area contributed by atoms with Crippen LogP contribution in [0.1, 0.15) is 10.5 Å². The predicted molar refractivity (Wildman–Crippen MR) is 90.8 cm³/mol. The van der Waals surface area contributed by atoms with Gasteiger partial charge in [-0.05, 0) is 36.4 Å². The number of nitrogens with one attached hydrogen (secondary N) is 1. The van der Waals surface area contributed by atoms with Crippen LogP contribution in [0, 0.1) is 15.9 Å². The molecule has 1 N–H and O–H groups in total. The zero-order valence-corrected chi connectivity index (χ0v) is 13.1. The zero-order chi connectivity index (χ0) is 18.7. The van der Waals surface area contributed by atoms with Gasteiger partial charge in [-0.3, -0.25) is 19.7 Å². The molecule has 3 aromatic rings. The number of hydrogen-bond donors (Lipinski definition) is 1. The van der Waals surface area contributed by atoms with Gasteiger partial charge in [0.25, 0.3) is 17.2 Å². The van der Waals surface area contributed by atoms with Crippen molar-refractivity contribution in [3.63, 3.8) is 0 Å². The van der Waals surface area contributed by atoms with Gasteiger partial charge in [0.2, 0.25) is 0 Å². The molecule has 3 rings (SSSR count). The van der Waals surface area contributed by atoms with Crippen LogP contribution in [0.3, 0.4) is 0 Å². The molecular formula is C17H11FN4O4. The van der Waals surface area contributed by atoms with Crippen molar-refractivity contribution in [3.05, 3.63) is 92.6 Å². The van der Waals surface area contributed by atoms with Crippen LogP contribution in [0.2, 0.25) is 0 Å². The Morgan fingerprint density at radius 3 is 2.54 bits per heavy atom. The van der Waals surface area contributed by atoms with Crippen molar-refractivity contribution in [1.82, 2.24) is 9.78 Å². The summed E-state index contributed by atoms with van der Waals surface area (Å²) in [7, 11) is 0. The summed E-state index contributed by atoms with van der Waals surface area (Å²) in [5.41, 5.74) is -0.247. The Morgan fingerprint density at radius 2 is 1.85 bits per heavy atom. The average Bonchev–Trinajstić information content (AvgIpc) is 2.63. The van der Waals surface area contributed by atoms with Gasteiger partial charge >= 0.3 is 0 Å². The highest BCUT2D eigenvalue weighted by atomic mass is 19.1. The average molecular weight is 354 g/mol. The van der Waals surface area contributed by atoms with Crippen molar-refractivity contribution in [1.29, 1.82) is 0 Å². The number of anilines is 1. The van der Waals surface area contributed by atoms with Gasteiger partial charge in [-0.15, -0.1) is 0 Å². The van der Waals surface area contributed by atoms with Crippen LogP contribution in [0.15, 0.2) is 65.5 Å². The molecule has 2 aromatic carbocycles. The smallest absolute Gasteiger partial charge is 0.276 e. The number of benzene rings is 2. The van der Waals surface area contributed by atoms with Gasteiger partial charge in [0.05, 0.1) is 10.6 Å². The molecule has 9 heteroatoms. The zero-order valence-electron chi connectivity index (χ0n) is 13.1. The second kappa shape index (κ2) is 6.93. The number of halogens is 1. The Kier molecular flexibility index (Phi) is 4.52. The van der Waals surface area contributed by atoms with Crippen LogP contribution in [0.25, 0.3) is 5.69 Å². The molecule has 1 aromatic heterocycles. The lowest BCUT2D eigenvalue weighted by Gasteiger charge is -2.08. The molecule has 1 amide bonds. The third kappa shape index (κ3) is 3.61. The minimum atomic E-state index is -0.652. The first-order chi connectivity index (χ1) is 12.4. The maximum Gasteiger partial charge on any atom is 0.276 e. The standard InChI is InChI=1S/C17H11FN4O4/c18-11-4-6-13(7-5-11)21-16(23)9-8-15(20-21)17(24)19-12-2-1-3-14(10-12)22(25)26/h1-10H,(H,19,24). The number of nitro benzene ring substituents is 1. The highest BCUT2D eigenvalue weighted by Gasteiger charge is 2.13. The van der Waals surface area contributed by atoms with E-state index in [1.54, 1.807) is 0 Å². The summed E-state index contributed by atoms with van der Waals surface area (Å²) in [6.45, 7) is 0. The lowest BCUT2D eigenvalue weighted by Crippen LogP contribution is -2.24. The molecule has 0 unspecified atom stereocenters. The number of aromatic nitrogens is 2. The minimum absolute atomic E-state index is 0.0829. The summed E-state index contributed by atoms with van der Waals surface area (Å²) in [5.74, 6) is -1.12. The Morgan fingerprint density at radius 1 is 1.12 bits per heavy atom. The summed E-state index contributed by atoms with van der Waals surface area (Å²) in [4.78, 5) is 34.5. The van der Waals surface area contributed by atoms with E-state index in [-0.39, 0.29) is 17.1 Å². The first kappa shape index (κ1) is 17.0. The molecule has 0 fully saturated rings. The monoisotopic (exact) mass is 354 g/mol. The van der Waals surface area contributed by atoms with Gasteiger partial charge in [0.15, 0.2) is 0 Å². The summed E-state index contributed by atoms with van der Waals surface area (Å²) in [6, 6.07) is 12.8. The van der Waals surface area contributed by atoms with E-state index in [9.17, 15) is 24.1 Å². The van der Waals surface area contributed by atoms with E-state index in [1.807, 2.05) is 0 Å². The molecule has 130 valence electrons. The van der Waals surface area contributed by atoms with Crippen molar-refractivity contribution >= 4 is 17.3 Å². The molecule has 0 atom stereocenters. The first-order valence-corrected chi connectivity index (χ1v) is 7.36. The number of nitro groups is 1. The molecule has 0 saturated heterocycles. The molecule has 0 bridgehead atoms. The van der Waals surface area contributed by atoms with Crippen molar-refractivity contribution in [2.24, 2.45) is 0 Å². The highest BCUT2D eigenvalue weighted by molar-refractivity contribution is 6.02. The van der Waals surface area contributed by atoms with Gasteiger partial charge in [-0.1, -0.05) is 6.07 Å². The summed E-state index contributed by atoms with van der Waals surface area (Å²) >= 11 is 0. The number of rotatable bonds is 4. The van der Waals surface area contributed by atoms with Gasteiger partial charge in [0, 0.05) is 23.9 Å². The van der Waals surface area contributed by atoms with Crippen LogP contribution >= 0.6 is 0 Å². The number of non-ortho nitro benzene ring substituents is 1. The van der Waals surface area contributed by atoms with Crippen LogP contribution in [0.5, 0.6) is 0 Å². The molecule has 0 radical (unpaired) electrons. The summed E-state index contributed by atoms with van der Waals surface area (Å²) in [6.07, 6.45) is 0. The summed E-state index contributed by atoms with van der Waals surface area (Å²) in [5, 5.41) is 17.2. The molecule has 0 spiro atoms. The number of carbonyl (C=O) groups is 1. The molecular weight excluding hydrogens is 343 g/mol. The Hall–Kier alpha value is -3.88. The van der Waals surface area contributed by atoms with Crippen LogP contribution < -0.4 is 10.9 Å². The Balaban J connectivity index is 1.90. The van der Waals surface area contributed by atoms with Crippen LogP contribution in [-0.2, 0) is 0 Å². The fraction of sp³-hybridized carbons (Fsp3) is 0. The molecule has 0 saturated carbocycles. The SMILES string of the molecule is O=C(Nc1cccc([N+](=O)[O-])c1)c1ccc(=O)n(-c2ccc(F)cc2)n1. The highest BCUT2D eigenvalue weighted by Crippen LogP contribution is 2.17. The first-order valence-electron chi connectivity index (χ1n) is 7.36. The minimum Gasteiger partial charge on any atom is -0.320 e. The predicted octanol–water partition coefficient (Wildman–Crippen LogP) is 2.53. The Labute approximate surface area is 145 Å². The third-order valence-electron chi connectivity index (χ3n) is 3.42. The topological polar surface area (TPSA) is 107 Å². The van der Waals surface area contributed by atoms with Crippen molar-refractivity contribution in [2.45, 2.75) is 0 Å². The largest absolute Gasteiger partial charge is 0.320 e. The second-order valence-electron chi connectivity index (χ2n) is 5.21. The van der Waals surface area contributed by atoms with E-state index in [0.717, 1.165) is 10.7 Å². The van der Waals surface area contributed by atoms with Crippen molar-refractivity contribution in [2.75, 3.05) is 5.32 Å². The lowest BCUT2D eigenvalue weighted by atomic mass is 10.2. The fourth-order valence-electron chi connectivity index (χ4n) is 2.19. The fourth-order valence-corrected chi connectivity index (χ4v) is 2.19. The number of carbonyl (C=O) groups excluding carboxylic acids is 1. The quantitative estimate of drug-likeness (QED) is 0.572. The van der Waals surface area contributed by atoms with Gasteiger partial charge in [-0.2, -0.15) is 9.78 Å². The number of hydrogen-bond acceptors (Lipinski definition) is 5. The Bertz CT molecular complexity index is 1050. The number of amides is 1. The van der Waals surface area contributed by atoms with E-state index < -0.39 is 22.2 Å². The van der Waals surface area contributed by atoms with E-state index in [4.69, 9.17) is 0 Å². The van der Waals surface area contributed by atoms with Gasteiger partial charge in [0.1, 0.15) is 11.5 Å². The molecule has 26 heavy (non-hydrogen) atoms. The van der Waals surface area contributed by atoms with Gasteiger partial charge in [-0.25, -0.2) is 4.39 Å². The van der Waals surface area contributed by atoms with Crippen molar-refractivity contribution in [3.8, 4) is 5.69 Å². The number of nitrogens with zero attached hydrogens (tertiary/aromatic N) is 3. The van der Waals surface area contributed by atoms with E-state index in [0.29, 0.717) is 5.69 Å². The molecule has 0 aliphatic heterocycles. The maximum atomic E-state index is 13.0. The van der Waals surface area contributed by atoms with E-state index in [1.165, 1.54) is 54.6 Å². The molecule has 0 aliphatic carbocycles. The normalized spacial score (nSPS) is 10.3. The third-order valence-corrected chi connectivity index (χ3v) is 3.42. The van der Waals surface area contributed by atoms with Gasteiger partial charge < -0.3 is 5.32 Å². The molecule has 0 aliphatic rings. The second-order valence-corrected chi connectivity index (χ2v) is 5.21. The van der Waals surface area contributed by atoms with E-state index >= 15 is 0 Å². The van der Waals surface area contributed by atoms with Crippen LogP contribution in [-0.4, -0.2) is 20.6 Å². The molecule has 1 heterocycles.